The summed E-state index contributed by atoms with van der Waals surface area (Å²) in [6.07, 6.45) is 0.130. The molecule has 0 radical (unpaired) electrons. The highest BCUT2D eigenvalue weighted by atomic mass is 31.1. The Morgan fingerprint density at radius 2 is 2.05 bits per heavy atom. The van der Waals surface area contributed by atoms with Crippen molar-refractivity contribution in [3.63, 3.8) is 0 Å². The second-order valence-electron chi connectivity index (χ2n) is 5.41. The van der Waals surface area contributed by atoms with Crippen molar-refractivity contribution in [3.05, 3.63) is 29.3 Å². The van der Waals surface area contributed by atoms with Crippen LogP contribution in [0.5, 0.6) is 5.75 Å². The van der Waals surface area contributed by atoms with Crippen LogP contribution in [0.3, 0.4) is 0 Å². The molecule has 0 amide bonds. The third-order valence-corrected chi connectivity index (χ3v) is 2.97. The van der Waals surface area contributed by atoms with Crippen molar-refractivity contribution in [2.24, 2.45) is 0 Å². The maximum Gasteiger partial charge on any atom is 0.313 e. The number of hydrogen-bond acceptors (Lipinski definition) is 4. The lowest BCUT2D eigenvalue weighted by molar-refractivity contribution is -0.134. The van der Waals surface area contributed by atoms with Crippen LogP contribution >= 0.6 is 9.03 Å². The molecule has 0 aliphatic carbocycles. The van der Waals surface area contributed by atoms with Crippen LogP contribution in [0, 0.1) is 6.92 Å². The molecule has 0 aromatic heterocycles. The van der Waals surface area contributed by atoms with Crippen molar-refractivity contribution in [1.29, 1.82) is 0 Å². The van der Waals surface area contributed by atoms with Crippen LogP contribution in [-0.2, 0) is 14.7 Å². The van der Waals surface area contributed by atoms with Gasteiger partial charge in [-0.3, -0.25) is 4.79 Å². The van der Waals surface area contributed by atoms with Crippen LogP contribution < -0.4 is 4.74 Å². The number of esters is 1. The summed E-state index contributed by atoms with van der Waals surface area (Å²) in [7, 11) is -0.596. The molecular formula is C14H21O4P. The highest BCUT2D eigenvalue weighted by Crippen LogP contribution is 2.32. The van der Waals surface area contributed by atoms with Crippen molar-refractivity contribution in [3.8, 4) is 5.75 Å². The normalized spacial score (nSPS) is 12.1. The summed E-state index contributed by atoms with van der Waals surface area (Å²) in [6, 6.07) is 5.78. The standard InChI is InChI=1S/C14H21O4P/c1-10-5-6-12(11(9-10)14(2,3)4)18-13(15)7-8-17-19-16/h5-6,9,16,19H,7-8H2,1-4H3. The molecule has 1 rings (SSSR count). The first-order valence-electron chi connectivity index (χ1n) is 6.17. The molecule has 1 aromatic rings. The molecule has 5 heteroatoms. The highest BCUT2D eigenvalue weighted by Gasteiger charge is 2.20. The second kappa shape index (κ2) is 6.99. The van der Waals surface area contributed by atoms with Crippen LogP contribution in [0.4, 0.5) is 0 Å². The first-order valence-corrected chi connectivity index (χ1v) is 7.03. The Labute approximate surface area is 116 Å². The number of ether oxygens (including phenoxy) is 1. The summed E-state index contributed by atoms with van der Waals surface area (Å²) < 4.78 is 10.1. The van der Waals surface area contributed by atoms with Gasteiger partial charge in [-0.25, -0.2) is 0 Å². The van der Waals surface area contributed by atoms with Gasteiger partial charge in [0, 0.05) is 5.56 Å². The average Bonchev–Trinajstić information content (AvgIpc) is 2.30. The quantitative estimate of drug-likeness (QED) is 0.391. The lowest BCUT2D eigenvalue weighted by atomic mass is 9.85. The zero-order chi connectivity index (χ0) is 14.5. The van der Waals surface area contributed by atoms with Gasteiger partial charge in [-0.15, -0.1) is 0 Å². The number of carbonyl (C=O) groups is 1. The Balaban J connectivity index is 2.80. The number of rotatable bonds is 5. The van der Waals surface area contributed by atoms with E-state index in [0.29, 0.717) is 5.75 Å². The van der Waals surface area contributed by atoms with Gasteiger partial charge >= 0.3 is 5.97 Å². The van der Waals surface area contributed by atoms with Gasteiger partial charge in [-0.05, 0) is 18.4 Å². The topological polar surface area (TPSA) is 55.8 Å². The Bertz CT molecular complexity index is 438. The number of carbonyl (C=O) groups excluding carboxylic acids is 1. The first-order chi connectivity index (χ1) is 8.84. The molecule has 1 N–H and O–H groups in total. The molecule has 0 saturated heterocycles. The Morgan fingerprint density at radius 3 is 2.63 bits per heavy atom. The molecule has 1 unspecified atom stereocenters. The monoisotopic (exact) mass is 284 g/mol. The van der Waals surface area contributed by atoms with Gasteiger partial charge in [0.05, 0.1) is 13.0 Å². The van der Waals surface area contributed by atoms with E-state index in [1.165, 1.54) is 0 Å². The maximum atomic E-state index is 11.7. The van der Waals surface area contributed by atoms with Crippen molar-refractivity contribution in [1.82, 2.24) is 0 Å². The molecule has 0 fully saturated rings. The third kappa shape index (κ3) is 5.27. The van der Waals surface area contributed by atoms with E-state index in [9.17, 15) is 4.79 Å². The first kappa shape index (κ1) is 16.1. The minimum absolute atomic E-state index is 0.0926. The summed E-state index contributed by atoms with van der Waals surface area (Å²) >= 11 is 0. The fourth-order valence-electron chi connectivity index (χ4n) is 1.67. The number of benzene rings is 1. The van der Waals surface area contributed by atoms with Crippen molar-refractivity contribution in [2.75, 3.05) is 6.61 Å². The van der Waals surface area contributed by atoms with E-state index in [-0.39, 0.29) is 24.4 Å². The zero-order valence-electron chi connectivity index (χ0n) is 11.8. The van der Waals surface area contributed by atoms with Gasteiger partial charge in [0.25, 0.3) is 0 Å². The largest absolute Gasteiger partial charge is 0.426 e. The van der Waals surface area contributed by atoms with E-state index in [1.807, 2.05) is 25.1 Å². The molecule has 0 saturated carbocycles. The lowest BCUT2D eigenvalue weighted by Gasteiger charge is -2.22. The van der Waals surface area contributed by atoms with Crippen LogP contribution in [0.2, 0.25) is 0 Å². The predicted octanol–water partition coefficient (Wildman–Crippen LogP) is 3.11. The summed E-state index contributed by atoms with van der Waals surface area (Å²) in [5.41, 5.74) is 2.05. The van der Waals surface area contributed by atoms with Crippen LogP contribution in [-0.4, -0.2) is 17.5 Å². The molecule has 0 spiro atoms. The molecule has 1 atom stereocenters. The molecule has 0 heterocycles. The Hall–Kier alpha value is -0.960. The second-order valence-corrected chi connectivity index (χ2v) is 5.88. The summed E-state index contributed by atoms with van der Waals surface area (Å²) in [5, 5.41) is 0. The predicted molar refractivity (Wildman–Crippen MR) is 76.6 cm³/mol. The fraction of sp³-hybridized carbons (Fsp3) is 0.500. The zero-order valence-corrected chi connectivity index (χ0v) is 12.8. The summed E-state index contributed by atoms with van der Waals surface area (Å²) in [6.45, 7) is 8.42. The van der Waals surface area contributed by atoms with Crippen molar-refractivity contribution < 1.29 is 18.9 Å². The average molecular weight is 284 g/mol. The number of aryl methyl sites for hydroxylation is 1. The lowest BCUT2D eigenvalue weighted by Crippen LogP contribution is -2.17. The summed E-state index contributed by atoms with van der Waals surface area (Å²) in [5.74, 6) is 0.238. The van der Waals surface area contributed by atoms with E-state index in [4.69, 9.17) is 14.2 Å². The maximum absolute atomic E-state index is 11.7. The van der Waals surface area contributed by atoms with E-state index in [0.717, 1.165) is 11.1 Å². The van der Waals surface area contributed by atoms with Crippen LogP contribution in [0.15, 0.2) is 18.2 Å². The van der Waals surface area contributed by atoms with Gasteiger partial charge < -0.3 is 14.2 Å². The van der Waals surface area contributed by atoms with Crippen LogP contribution in [0.25, 0.3) is 0 Å². The molecular weight excluding hydrogens is 263 g/mol. The van der Waals surface area contributed by atoms with E-state index in [1.54, 1.807) is 0 Å². The van der Waals surface area contributed by atoms with Crippen LogP contribution in [0.1, 0.15) is 38.3 Å². The molecule has 106 valence electrons. The fourth-order valence-corrected chi connectivity index (χ4v) is 1.87. The molecule has 1 aromatic carbocycles. The third-order valence-electron chi connectivity index (χ3n) is 2.64. The molecule has 0 aliphatic heterocycles. The summed E-state index contributed by atoms with van der Waals surface area (Å²) in [4.78, 5) is 20.2. The van der Waals surface area contributed by atoms with E-state index >= 15 is 0 Å². The van der Waals surface area contributed by atoms with Gasteiger partial charge in [0.15, 0.2) is 9.03 Å². The minimum Gasteiger partial charge on any atom is -0.426 e. The van der Waals surface area contributed by atoms with Crippen molar-refractivity contribution in [2.45, 2.75) is 39.5 Å². The molecule has 0 aliphatic rings. The van der Waals surface area contributed by atoms with Gasteiger partial charge in [0.2, 0.25) is 0 Å². The van der Waals surface area contributed by atoms with E-state index in [2.05, 4.69) is 20.8 Å². The Kier molecular flexibility index (Phi) is 5.92. The van der Waals surface area contributed by atoms with Gasteiger partial charge in [0.1, 0.15) is 5.75 Å². The SMILES string of the molecule is Cc1ccc(OC(=O)CCOPO)c(C(C)(C)C)c1. The smallest absolute Gasteiger partial charge is 0.313 e. The Morgan fingerprint density at radius 1 is 1.37 bits per heavy atom. The van der Waals surface area contributed by atoms with Gasteiger partial charge in [-0.2, -0.15) is 0 Å². The molecule has 0 bridgehead atoms. The molecule has 19 heavy (non-hydrogen) atoms. The highest BCUT2D eigenvalue weighted by molar-refractivity contribution is 7.24. The minimum atomic E-state index is -0.596. The van der Waals surface area contributed by atoms with Gasteiger partial charge in [-0.1, -0.05) is 38.5 Å². The van der Waals surface area contributed by atoms with Crippen molar-refractivity contribution >= 4 is 15.0 Å². The van der Waals surface area contributed by atoms with E-state index < -0.39 is 9.03 Å². The number of hydrogen-bond donors (Lipinski definition) is 1. The molecule has 4 nitrogen and oxygen atoms in total.